The van der Waals surface area contributed by atoms with Crippen LogP contribution in [0.1, 0.15) is 0 Å². The Balaban J connectivity index is 2.29. The summed E-state index contributed by atoms with van der Waals surface area (Å²) in [4.78, 5) is 7.80. The molecule has 3 aromatic rings. The molecule has 18 heavy (non-hydrogen) atoms. The Bertz CT molecular complexity index is 766. The lowest BCUT2D eigenvalue weighted by molar-refractivity contribution is 1.21. The molecular weight excluding hydrogens is 355 g/mol. The molecule has 2 aromatic carbocycles. The number of fused-ring (bicyclic) bond motifs is 1. The van der Waals surface area contributed by atoms with E-state index in [1.54, 1.807) is 0 Å². The van der Waals surface area contributed by atoms with Gasteiger partial charge in [-0.05, 0) is 40.8 Å². The Labute approximate surface area is 123 Å². The summed E-state index contributed by atoms with van der Waals surface area (Å²) in [5.41, 5.74) is 2.07. The number of rotatable bonds is 1. The van der Waals surface area contributed by atoms with Gasteiger partial charge in [-0.15, -0.1) is 0 Å². The predicted molar refractivity (Wildman–Crippen MR) is 85.1 cm³/mol. The van der Waals surface area contributed by atoms with Crippen molar-refractivity contribution in [2.45, 2.75) is 0 Å². The molecule has 2 nitrogen and oxygen atoms in total. The third-order valence-electron chi connectivity index (χ3n) is 2.73. The zero-order valence-corrected chi connectivity index (χ0v) is 12.3. The lowest BCUT2D eigenvalue weighted by Gasteiger charge is -2.04. The Morgan fingerprint density at radius 1 is 1.06 bits per heavy atom. The minimum atomic E-state index is 0.640. The van der Waals surface area contributed by atoms with E-state index in [0.29, 0.717) is 4.64 Å². The molecule has 88 valence electrons. The second-order valence-electron chi connectivity index (χ2n) is 3.95. The number of aromatic amines is 1. The topological polar surface area (TPSA) is 28.7 Å². The van der Waals surface area contributed by atoms with E-state index in [-0.39, 0.29) is 0 Å². The minimum absolute atomic E-state index is 0.640. The maximum absolute atomic E-state index is 5.37. The van der Waals surface area contributed by atoms with Crippen molar-refractivity contribution >= 4 is 45.7 Å². The van der Waals surface area contributed by atoms with Crippen molar-refractivity contribution in [2.24, 2.45) is 0 Å². The number of H-pyrrole nitrogens is 1. The number of nitrogens with one attached hydrogen (secondary N) is 1. The van der Waals surface area contributed by atoms with Crippen molar-refractivity contribution in [1.82, 2.24) is 9.97 Å². The van der Waals surface area contributed by atoms with Crippen LogP contribution in [0.15, 0.2) is 48.5 Å². The van der Waals surface area contributed by atoms with Crippen LogP contribution in [0.4, 0.5) is 0 Å². The third kappa shape index (κ3) is 2.18. The number of nitrogens with zero attached hydrogens (tertiary/aromatic N) is 1. The van der Waals surface area contributed by atoms with Crippen LogP contribution in [-0.2, 0) is 0 Å². The standard InChI is InChI=1S/C14H9IN2S/c15-10-6-7-12-11(8-10)14(18)17-13(16-12)9-4-2-1-3-5-9/h1-8H,(H,16,17,18). The summed E-state index contributed by atoms with van der Waals surface area (Å²) in [5, 5.41) is 0.997. The van der Waals surface area contributed by atoms with Crippen molar-refractivity contribution < 1.29 is 0 Å². The average molecular weight is 364 g/mol. The van der Waals surface area contributed by atoms with Crippen LogP contribution in [-0.4, -0.2) is 9.97 Å². The Hall–Kier alpha value is -1.27. The van der Waals surface area contributed by atoms with Crippen LogP contribution >= 0.6 is 34.8 Å². The van der Waals surface area contributed by atoms with Gasteiger partial charge in [-0.25, -0.2) is 4.98 Å². The fourth-order valence-electron chi connectivity index (χ4n) is 1.85. The van der Waals surface area contributed by atoms with Crippen molar-refractivity contribution in [1.29, 1.82) is 0 Å². The molecule has 0 aliphatic rings. The van der Waals surface area contributed by atoms with E-state index >= 15 is 0 Å². The largest absolute Gasteiger partial charge is 0.339 e. The summed E-state index contributed by atoms with van der Waals surface area (Å²) < 4.78 is 1.80. The first kappa shape index (κ1) is 11.8. The molecule has 0 saturated carbocycles. The van der Waals surface area contributed by atoms with Crippen LogP contribution in [0, 0.1) is 8.21 Å². The maximum Gasteiger partial charge on any atom is 0.139 e. The first-order chi connectivity index (χ1) is 8.74. The third-order valence-corrected chi connectivity index (χ3v) is 3.71. The predicted octanol–water partition coefficient (Wildman–Crippen LogP) is 4.56. The lowest BCUT2D eigenvalue weighted by atomic mass is 10.2. The smallest absolute Gasteiger partial charge is 0.139 e. The molecule has 0 saturated heterocycles. The van der Waals surface area contributed by atoms with Gasteiger partial charge < -0.3 is 4.98 Å². The number of halogens is 1. The Morgan fingerprint density at radius 2 is 1.83 bits per heavy atom. The van der Waals surface area contributed by atoms with E-state index in [0.717, 1.165) is 25.9 Å². The fourth-order valence-corrected chi connectivity index (χ4v) is 2.60. The van der Waals surface area contributed by atoms with Gasteiger partial charge in [0.15, 0.2) is 0 Å². The van der Waals surface area contributed by atoms with Crippen molar-refractivity contribution in [2.75, 3.05) is 0 Å². The highest BCUT2D eigenvalue weighted by Gasteiger charge is 2.03. The number of hydrogen-bond donors (Lipinski definition) is 1. The maximum atomic E-state index is 5.37. The molecule has 1 aromatic heterocycles. The molecule has 0 fully saturated rings. The SMILES string of the molecule is S=c1nc(-c2ccccc2)[nH]c2ccc(I)cc12. The van der Waals surface area contributed by atoms with Gasteiger partial charge in [0.1, 0.15) is 10.5 Å². The summed E-state index contributed by atoms with van der Waals surface area (Å²) in [6.45, 7) is 0. The van der Waals surface area contributed by atoms with E-state index in [2.05, 4.69) is 44.7 Å². The van der Waals surface area contributed by atoms with Crippen LogP contribution in [0.5, 0.6) is 0 Å². The molecule has 1 heterocycles. The van der Waals surface area contributed by atoms with E-state index in [9.17, 15) is 0 Å². The van der Waals surface area contributed by atoms with Gasteiger partial charge in [0, 0.05) is 14.5 Å². The lowest BCUT2D eigenvalue weighted by Crippen LogP contribution is -1.91. The normalized spacial score (nSPS) is 10.7. The van der Waals surface area contributed by atoms with Gasteiger partial charge in [0.2, 0.25) is 0 Å². The highest BCUT2D eigenvalue weighted by molar-refractivity contribution is 14.1. The van der Waals surface area contributed by atoms with Gasteiger partial charge in [0.25, 0.3) is 0 Å². The van der Waals surface area contributed by atoms with Crippen molar-refractivity contribution in [3.05, 3.63) is 56.7 Å². The first-order valence-corrected chi connectivity index (χ1v) is 6.98. The Morgan fingerprint density at radius 3 is 2.61 bits per heavy atom. The summed E-state index contributed by atoms with van der Waals surface area (Å²) in [5.74, 6) is 0.814. The second-order valence-corrected chi connectivity index (χ2v) is 5.58. The molecule has 0 spiro atoms. The molecule has 0 aliphatic heterocycles. The van der Waals surface area contributed by atoms with E-state index in [4.69, 9.17) is 12.2 Å². The van der Waals surface area contributed by atoms with Gasteiger partial charge in [-0.1, -0.05) is 42.5 Å². The first-order valence-electron chi connectivity index (χ1n) is 5.49. The summed E-state index contributed by atoms with van der Waals surface area (Å²) >= 11 is 7.64. The molecule has 4 heteroatoms. The summed E-state index contributed by atoms with van der Waals surface area (Å²) in [7, 11) is 0. The van der Waals surface area contributed by atoms with Crippen molar-refractivity contribution in [3.63, 3.8) is 0 Å². The van der Waals surface area contributed by atoms with Crippen LogP contribution in [0.25, 0.3) is 22.3 Å². The monoisotopic (exact) mass is 364 g/mol. The Kier molecular flexibility index (Phi) is 3.13. The number of hydrogen-bond acceptors (Lipinski definition) is 2. The van der Waals surface area contributed by atoms with Crippen LogP contribution in [0.3, 0.4) is 0 Å². The fraction of sp³-hybridized carbons (Fsp3) is 0. The molecule has 0 unspecified atom stereocenters. The molecule has 0 bridgehead atoms. The highest BCUT2D eigenvalue weighted by Crippen LogP contribution is 2.21. The average Bonchev–Trinajstić information content (AvgIpc) is 2.40. The summed E-state index contributed by atoms with van der Waals surface area (Å²) in [6, 6.07) is 16.2. The van der Waals surface area contributed by atoms with Crippen LogP contribution < -0.4 is 0 Å². The highest BCUT2D eigenvalue weighted by atomic mass is 127. The molecular formula is C14H9IN2S. The molecule has 0 atom stereocenters. The quantitative estimate of drug-likeness (QED) is 0.507. The summed E-state index contributed by atoms with van der Waals surface area (Å²) in [6.07, 6.45) is 0. The molecule has 0 radical (unpaired) electrons. The zero-order valence-electron chi connectivity index (χ0n) is 9.35. The minimum Gasteiger partial charge on any atom is -0.339 e. The zero-order chi connectivity index (χ0) is 12.5. The number of benzene rings is 2. The van der Waals surface area contributed by atoms with E-state index < -0.39 is 0 Å². The van der Waals surface area contributed by atoms with Crippen LogP contribution in [0.2, 0.25) is 0 Å². The molecule has 1 N–H and O–H groups in total. The van der Waals surface area contributed by atoms with E-state index in [1.165, 1.54) is 0 Å². The molecule has 3 rings (SSSR count). The van der Waals surface area contributed by atoms with Gasteiger partial charge in [-0.2, -0.15) is 0 Å². The second kappa shape index (κ2) is 4.78. The number of aromatic nitrogens is 2. The molecule has 0 aliphatic carbocycles. The van der Waals surface area contributed by atoms with Gasteiger partial charge in [0.05, 0.1) is 5.52 Å². The van der Waals surface area contributed by atoms with Crippen molar-refractivity contribution in [3.8, 4) is 11.4 Å². The van der Waals surface area contributed by atoms with Gasteiger partial charge >= 0.3 is 0 Å². The van der Waals surface area contributed by atoms with Gasteiger partial charge in [-0.3, -0.25) is 0 Å². The molecule has 0 amide bonds. The van der Waals surface area contributed by atoms with E-state index in [1.807, 2.05) is 36.4 Å².